The first-order valence-corrected chi connectivity index (χ1v) is 6.82. The number of nitrogens with one attached hydrogen (secondary N) is 2. The summed E-state index contributed by atoms with van der Waals surface area (Å²) < 4.78 is 0. The highest BCUT2D eigenvalue weighted by Crippen LogP contribution is 2.23. The third-order valence-corrected chi connectivity index (χ3v) is 3.27. The van der Waals surface area contributed by atoms with Crippen LogP contribution < -0.4 is 16.0 Å². The van der Waals surface area contributed by atoms with Crippen molar-refractivity contribution in [2.24, 2.45) is 0 Å². The van der Waals surface area contributed by atoms with Gasteiger partial charge in [-0.2, -0.15) is 5.10 Å². The van der Waals surface area contributed by atoms with E-state index in [1.54, 1.807) is 0 Å². The molecule has 0 aliphatic carbocycles. The van der Waals surface area contributed by atoms with E-state index in [-0.39, 0.29) is 17.5 Å². The number of carbonyl (C=O) groups is 1. The molecular formula is C15H21N5O. The predicted octanol–water partition coefficient (Wildman–Crippen LogP) is 2.43. The van der Waals surface area contributed by atoms with Crippen molar-refractivity contribution in [1.29, 1.82) is 0 Å². The third-order valence-electron chi connectivity index (χ3n) is 3.27. The Morgan fingerprint density at radius 2 is 1.90 bits per heavy atom. The average Bonchev–Trinajstić information content (AvgIpc) is 2.81. The second kappa shape index (κ2) is 5.87. The molecule has 0 fully saturated rings. The molecule has 0 spiro atoms. The molecule has 112 valence electrons. The minimum atomic E-state index is -0.312. The van der Waals surface area contributed by atoms with Crippen LogP contribution in [-0.4, -0.2) is 30.2 Å². The quantitative estimate of drug-likeness (QED) is 0.806. The van der Waals surface area contributed by atoms with Gasteiger partial charge >= 0.3 is 0 Å². The minimum Gasteiger partial charge on any atom is -0.395 e. The molecule has 0 radical (unpaired) electrons. The van der Waals surface area contributed by atoms with E-state index >= 15 is 0 Å². The zero-order valence-electron chi connectivity index (χ0n) is 12.8. The normalized spacial score (nSPS) is 10.7. The molecule has 2 aromatic rings. The number of carbonyl (C=O) groups excluding carboxylic acids is 1. The van der Waals surface area contributed by atoms with Gasteiger partial charge in [0.25, 0.3) is 5.91 Å². The van der Waals surface area contributed by atoms with Crippen molar-refractivity contribution in [3.8, 4) is 0 Å². The Bertz CT molecular complexity index is 628. The standard InChI is InChI=1S/C15H21N5O/c1-9(2)13-12(16)14(19-18-13)15(21)17-10-5-7-11(8-6-10)20(3)4/h5-9H,16H2,1-4H3,(H,17,21)(H,18,19). The van der Waals surface area contributed by atoms with E-state index in [2.05, 4.69) is 15.5 Å². The number of H-pyrrole nitrogens is 1. The lowest BCUT2D eigenvalue weighted by Crippen LogP contribution is -2.14. The molecule has 1 heterocycles. The van der Waals surface area contributed by atoms with Gasteiger partial charge in [0.15, 0.2) is 5.69 Å². The lowest BCUT2D eigenvalue weighted by molar-refractivity contribution is 0.102. The predicted molar refractivity (Wildman–Crippen MR) is 85.8 cm³/mol. The van der Waals surface area contributed by atoms with Gasteiger partial charge in [0.1, 0.15) is 0 Å². The molecule has 0 aliphatic rings. The third kappa shape index (κ3) is 3.16. The number of aromatic amines is 1. The fraction of sp³-hybridized carbons (Fsp3) is 0.333. The number of nitrogens with zero attached hydrogens (tertiary/aromatic N) is 2. The number of amides is 1. The van der Waals surface area contributed by atoms with E-state index in [0.717, 1.165) is 11.4 Å². The highest BCUT2D eigenvalue weighted by Gasteiger charge is 2.18. The minimum absolute atomic E-state index is 0.193. The number of hydrogen-bond donors (Lipinski definition) is 3. The second-order valence-corrected chi connectivity index (χ2v) is 5.45. The van der Waals surface area contributed by atoms with E-state index in [0.29, 0.717) is 11.4 Å². The Kier molecular flexibility index (Phi) is 4.16. The number of rotatable bonds is 4. The summed E-state index contributed by atoms with van der Waals surface area (Å²) in [7, 11) is 3.93. The Morgan fingerprint density at radius 3 is 2.38 bits per heavy atom. The summed E-state index contributed by atoms with van der Waals surface area (Å²) in [4.78, 5) is 14.2. The van der Waals surface area contributed by atoms with Crippen LogP contribution in [0.4, 0.5) is 17.1 Å². The first-order chi connectivity index (χ1) is 9.90. The zero-order valence-corrected chi connectivity index (χ0v) is 12.8. The van der Waals surface area contributed by atoms with E-state index in [1.807, 2.05) is 57.1 Å². The van der Waals surface area contributed by atoms with Crippen molar-refractivity contribution in [3.63, 3.8) is 0 Å². The zero-order chi connectivity index (χ0) is 15.6. The molecule has 6 heteroatoms. The average molecular weight is 287 g/mol. The van der Waals surface area contributed by atoms with E-state index < -0.39 is 0 Å². The number of nitrogens with two attached hydrogens (primary N) is 1. The van der Waals surface area contributed by atoms with Gasteiger partial charge in [-0.15, -0.1) is 0 Å². The molecule has 4 N–H and O–H groups in total. The van der Waals surface area contributed by atoms with E-state index in [1.165, 1.54) is 0 Å². The van der Waals surface area contributed by atoms with E-state index in [4.69, 9.17) is 5.73 Å². The van der Waals surface area contributed by atoms with Crippen LogP contribution >= 0.6 is 0 Å². The van der Waals surface area contributed by atoms with Crippen molar-refractivity contribution in [2.45, 2.75) is 19.8 Å². The molecular weight excluding hydrogens is 266 g/mol. The molecule has 1 aromatic heterocycles. The van der Waals surface area contributed by atoms with Crippen LogP contribution in [0.1, 0.15) is 35.9 Å². The van der Waals surface area contributed by atoms with Crippen molar-refractivity contribution in [3.05, 3.63) is 35.7 Å². The Hall–Kier alpha value is -2.50. The van der Waals surface area contributed by atoms with Crippen molar-refractivity contribution >= 4 is 23.0 Å². The van der Waals surface area contributed by atoms with Crippen LogP contribution in [0.15, 0.2) is 24.3 Å². The molecule has 1 amide bonds. The van der Waals surface area contributed by atoms with Gasteiger partial charge in [-0.3, -0.25) is 9.89 Å². The molecule has 21 heavy (non-hydrogen) atoms. The van der Waals surface area contributed by atoms with Crippen LogP contribution in [0.25, 0.3) is 0 Å². The summed E-state index contributed by atoms with van der Waals surface area (Å²) in [5.74, 6) is -0.119. The van der Waals surface area contributed by atoms with Gasteiger partial charge < -0.3 is 16.0 Å². The molecule has 0 atom stereocenters. The van der Waals surface area contributed by atoms with Gasteiger partial charge in [-0.25, -0.2) is 0 Å². The molecule has 0 bridgehead atoms. The Balaban J connectivity index is 2.14. The first kappa shape index (κ1) is 14.9. The first-order valence-electron chi connectivity index (χ1n) is 6.82. The lowest BCUT2D eigenvalue weighted by atomic mass is 10.1. The van der Waals surface area contributed by atoms with Gasteiger partial charge in [0.05, 0.1) is 11.4 Å². The van der Waals surface area contributed by atoms with Gasteiger partial charge in [-0.05, 0) is 30.2 Å². The number of hydrogen-bond acceptors (Lipinski definition) is 4. The summed E-state index contributed by atoms with van der Waals surface area (Å²) in [6, 6.07) is 7.56. The highest BCUT2D eigenvalue weighted by molar-refractivity contribution is 6.06. The largest absolute Gasteiger partial charge is 0.395 e. The van der Waals surface area contributed by atoms with Crippen LogP contribution in [0, 0.1) is 0 Å². The molecule has 0 saturated carbocycles. The second-order valence-electron chi connectivity index (χ2n) is 5.45. The summed E-state index contributed by atoms with van der Waals surface area (Å²) >= 11 is 0. The maximum atomic E-state index is 12.2. The maximum absolute atomic E-state index is 12.2. The summed E-state index contributed by atoms with van der Waals surface area (Å²) in [6.07, 6.45) is 0. The molecule has 0 aliphatic heterocycles. The monoisotopic (exact) mass is 287 g/mol. The van der Waals surface area contributed by atoms with Crippen molar-refractivity contribution < 1.29 is 4.79 Å². The van der Waals surface area contributed by atoms with Gasteiger partial charge in [-0.1, -0.05) is 13.8 Å². The molecule has 0 saturated heterocycles. The summed E-state index contributed by atoms with van der Waals surface area (Å²) in [5, 5.41) is 9.63. The van der Waals surface area contributed by atoms with Crippen LogP contribution in [0.2, 0.25) is 0 Å². The lowest BCUT2D eigenvalue weighted by Gasteiger charge is -2.12. The maximum Gasteiger partial charge on any atom is 0.278 e. The highest BCUT2D eigenvalue weighted by atomic mass is 16.2. The van der Waals surface area contributed by atoms with Crippen molar-refractivity contribution in [1.82, 2.24) is 10.2 Å². The molecule has 6 nitrogen and oxygen atoms in total. The molecule has 1 aromatic carbocycles. The smallest absolute Gasteiger partial charge is 0.278 e. The van der Waals surface area contributed by atoms with E-state index in [9.17, 15) is 4.79 Å². The number of anilines is 3. The summed E-state index contributed by atoms with van der Waals surface area (Å²) in [6.45, 7) is 3.98. The SMILES string of the molecule is CC(C)c1[nH]nc(C(=O)Nc2ccc(N(C)C)cc2)c1N. The fourth-order valence-electron chi connectivity index (χ4n) is 2.01. The van der Waals surface area contributed by atoms with Crippen LogP contribution in [0.3, 0.4) is 0 Å². The fourth-order valence-corrected chi connectivity index (χ4v) is 2.01. The van der Waals surface area contributed by atoms with Gasteiger partial charge in [0, 0.05) is 25.5 Å². The van der Waals surface area contributed by atoms with Crippen LogP contribution in [-0.2, 0) is 0 Å². The number of nitrogen functional groups attached to an aromatic ring is 1. The molecule has 2 rings (SSSR count). The Morgan fingerprint density at radius 1 is 1.29 bits per heavy atom. The summed E-state index contributed by atoms with van der Waals surface area (Å²) in [5.41, 5.74) is 9.16. The topological polar surface area (TPSA) is 87.0 Å². The van der Waals surface area contributed by atoms with Crippen molar-refractivity contribution in [2.75, 3.05) is 30.0 Å². The number of aromatic nitrogens is 2. The molecule has 0 unspecified atom stereocenters. The Labute approximate surface area is 124 Å². The van der Waals surface area contributed by atoms with Gasteiger partial charge in [0.2, 0.25) is 0 Å². The number of benzene rings is 1. The van der Waals surface area contributed by atoms with Crippen LogP contribution in [0.5, 0.6) is 0 Å².